The predicted octanol–water partition coefficient (Wildman–Crippen LogP) is 5.20. The molecule has 6 fully saturated rings. The molecular weight excluding hydrogens is 766 g/mol. The number of aromatic nitrogens is 1. The molecule has 4 heterocycles. The standard InChI is InChI=1S/C43H54ClN5O9/c44-37-35(56-17-14-48-12-15-55-16-13-48)11-10-31-36(22-33(25-8-9-25)45-38(31)37)57-30-21-34-39(50)47-43(41(52)53)23-28(43)6-4-2-1-3-5-7-32(40(51)49(34)24-30)46-42(54)58-29-19-26-18-27(26)20-29/h4,6,10-11,22,25-30,32,34H,1-3,5,7-9,12-21,23-24H2,(H,46,54)(H,47,50)(H,52,53)/t26-,27+,28-,29?,30-,32+,34+,43-/m1/s1. The molecule has 0 bridgehead atoms. The van der Waals surface area contributed by atoms with Gasteiger partial charge in [-0.15, -0.1) is 0 Å². The lowest BCUT2D eigenvalue weighted by Crippen LogP contribution is -2.56. The highest BCUT2D eigenvalue weighted by atomic mass is 35.5. The topological polar surface area (TPSA) is 169 Å². The first-order valence-corrected chi connectivity index (χ1v) is 21.8. The van der Waals surface area contributed by atoms with Crippen LogP contribution in [0.5, 0.6) is 11.5 Å². The molecule has 3 aliphatic heterocycles. The van der Waals surface area contributed by atoms with Crippen LogP contribution in [0.2, 0.25) is 5.02 Å². The van der Waals surface area contributed by atoms with Gasteiger partial charge in [-0.2, -0.15) is 0 Å². The number of hydrogen-bond acceptors (Lipinski definition) is 10. The van der Waals surface area contributed by atoms with Gasteiger partial charge in [0.05, 0.1) is 25.3 Å². The molecule has 2 aromatic rings. The minimum Gasteiger partial charge on any atom is -0.491 e. The van der Waals surface area contributed by atoms with Crippen molar-refractivity contribution in [2.75, 3.05) is 46.0 Å². The summed E-state index contributed by atoms with van der Waals surface area (Å²) in [4.78, 5) is 63.5. The van der Waals surface area contributed by atoms with E-state index in [0.29, 0.717) is 71.9 Å². The van der Waals surface area contributed by atoms with Crippen LogP contribution in [0, 0.1) is 17.8 Å². The van der Waals surface area contributed by atoms with Gasteiger partial charge in [0.1, 0.15) is 53.0 Å². The smallest absolute Gasteiger partial charge is 0.408 e. The van der Waals surface area contributed by atoms with Gasteiger partial charge in [0.25, 0.3) is 0 Å². The fraction of sp³-hybridized carbons (Fsp3) is 0.651. The van der Waals surface area contributed by atoms with Crippen molar-refractivity contribution in [3.05, 3.63) is 41.1 Å². The highest BCUT2D eigenvalue weighted by Gasteiger charge is 2.61. The molecule has 8 atom stereocenters. The normalized spacial score (nSPS) is 32.6. The van der Waals surface area contributed by atoms with Gasteiger partial charge in [-0.3, -0.25) is 19.5 Å². The molecule has 1 unspecified atom stereocenters. The molecule has 7 aliphatic rings. The van der Waals surface area contributed by atoms with E-state index in [0.717, 1.165) is 70.3 Å². The molecule has 4 aliphatic carbocycles. The van der Waals surface area contributed by atoms with E-state index in [1.807, 2.05) is 30.4 Å². The van der Waals surface area contributed by atoms with Gasteiger partial charge in [0.15, 0.2) is 0 Å². The zero-order valence-electron chi connectivity index (χ0n) is 32.9. The highest BCUT2D eigenvalue weighted by molar-refractivity contribution is 6.36. The number of pyridine rings is 1. The molecule has 312 valence electrons. The molecule has 0 radical (unpaired) electrons. The van der Waals surface area contributed by atoms with Gasteiger partial charge in [0, 0.05) is 55.0 Å². The van der Waals surface area contributed by atoms with Crippen molar-refractivity contribution in [2.45, 2.75) is 113 Å². The van der Waals surface area contributed by atoms with E-state index >= 15 is 0 Å². The molecule has 3 amide bonds. The summed E-state index contributed by atoms with van der Waals surface area (Å²) in [6.45, 7) is 4.40. The van der Waals surface area contributed by atoms with Crippen molar-refractivity contribution < 1.29 is 43.2 Å². The summed E-state index contributed by atoms with van der Waals surface area (Å²) in [5.41, 5.74) is -0.0235. The molecule has 0 spiro atoms. The Kier molecular flexibility index (Phi) is 11.2. The molecule has 14 nitrogen and oxygen atoms in total. The Hall–Kier alpha value is -4.14. The van der Waals surface area contributed by atoms with Crippen LogP contribution in [-0.2, 0) is 23.9 Å². The zero-order chi connectivity index (χ0) is 40.0. The number of carboxylic acid groups (broad SMARTS) is 1. The first-order valence-electron chi connectivity index (χ1n) is 21.4. The highest BCUT2D eigenvalue weighted by Crippen LogP contribution is 2.52. The Bertz CT molecular complexity index is 1940. The van der Waals surface area contributed by atoms with Crippen LogP contribution in [0.1, 0.15) is 88.7 Å². The number of carboxylic acids is 1. The lowest BCUT2D eigenvalue weighted by atomic mass is 10.0. The second kappa shape index (κ2) is 16.5. The van der Waals surface area contributed by atoms with Crippen molar-refractivity contribution in [3.8, 4) is 11.5 Å². The number of fused-ring (bicyclic) bond motifs is 4. The summed E-state index contributed by atoms with van der Waals surface area (Å²) in [5.74, 6) is 0.181. The number of allylic oxidation sites excluding steroid dienone is 1. The number of carbonyl (C=O) groups is 4. The van der Waals surface area contributed by atoms with Gasteiger partial charge in [0.2, 0.25) is 11.8 Å². The fourth-order valence-electron chi connectivity index (χ4n) is 9.54. The quantitative estimate of drug-likeness (QED) is 0.270. The third-order valence-corrected chi connectivity index (χ3v) is 13.7. The summed E-state index contributed by atoms with van der Waals surface area (Å²) in [6.07, 6.45) is 11.2. The minimum atomic E-state index is -1.44. The molecule has 9 rings (SSSR count). The van der Waals surface area contributed by atoms with Crippen LogP contribution in [0.3, 0.4) is 0 Å². The number of nitrogens with zero attached hydrogens (tertiary/aromatic N) is 3. The summed E-state index contributed by atoms with van der Waals surface area (Å²) >= 11 is 7.01. The molecule has 1 aromatic heterocycles. The number of aliphatic carboxylic acids is 1. The minimum absolute atomic E-state index is 0.0541. The van der Waals surface area contributed by atoms with Crippen LogP contribution in [-0.4, -0.2) is 120 Å². The third kappa shape index (κ3) is 8.47. The average molecular weight is 820 g/mol. The van der Waals surface area contributed by atoms with E-state index in [9.17, 15) is 24.3 Å². The second-order valence-electron chi connectivity index (χ2n) is 17.5. The number of rotatable bonds is 10. The van der Waals surface area contributed by atoms with Gasteiger partial charge in [-0.05, 0) is 81.8 Å². The van der Waals surface area contributed by atoms with Crippen LogP contribution < -0.4 is 20.1 Å². The number of halogens is 1. The number of alkyl carbamates (subject to hydrolysis) is 1. The number of morpholine rings is 1. The number of hydrogen-bond donors (Lipinski definition) is 3. The van der Waals surface area contributed by atoms with Gasteiger partial charge in [-0.25, -0.2) is 9.59 Å². The maximum absolute atomic E-state index is 14.6. The van der Waals surface area contributed by atoms with E-state index in [-0.39, 0.29) is 37.3 Å². The van der Waals surface area contributed by atoms with Crippen molar-refractivity contribution in [3.63, 3.8) is 0 Å². The van der Waals surface area contributed by atoms with Crippen LogP contribution in [0.15, 0.2) is 30.4 Å². The summed E-state index contributed by atoms with van der Waals surface area (Å²) in [5, 5.41) is 17.1. The van der Waals surface area contributed by atoms with Gasteiger partial charge >= 0.3 is 12.1 Å². The number of amides is 3. The lowest BCUT2D eigenvalue weighted by Gasteiger charge is -2.29. The molecule has 3 N–H and O–H groups in total. The van der Waals surface area contributed by atoms with Crippen LogP contribution >= 0.6 is 11.6 Å². The monoisotopic (exact) mass is 819 g/mol. The first-order chi connectivity index (χ1) is 28.1. The Balaban J connectivity index is 0.970. The Labute approximate surface area is 343 Å². The number of ether oxygens (including phenoxy) is 4. The van der Waals surface area contributed by atoms with Gasteiger partial charge in [-0.1, -0.05) is 36.6 Å². The predicted molar refractivity (Wildman–Crippen MR) is 213 cm³/mol. The average Bonchev–Trinajstić information content (AvgIpc) is 4.18. The van der Waals surface area contributed by atoms with E-state index in [1.54, 1.807) is 0 Å². The number of nitrogens with one attached hydrogen (secondary N) is 2. The SMILES string of the molecule is O=C(N[C@H]1CCCCCC=C[C@@H]2C[C@@]2(C(=O)O)NC(=O)[C@@H]2C[C@@H](Oc3cc(C4CC4)nc4c(Cl)c(OCCN5CCOCC5)ccc34)CN2C1=O)OC1C[C@@H]2C[C@@H]2C1. The molecule has 1 aromatic carbocycles. The van der Waals surface area contributed by atoms with Crippen molar-refractivity contribution in [2.24, 2.45) is 17.8 Å². The number of benzene rings is 1. The van der Waals surface area contributed by atoms with Crippen molar-refractivity contribution in [1.29, 1.82) is 0 Å². The summed E-state index contributed by atoms with van der Waals surface area (Å²) in [7, 11) is 0. The van der Waals surface area contributed by atoms with Crippen molar-refractivity contribution in [1.82, 2.24) is 25.4 Å². The second-order valence-corrected chi connectivity index (χ2v) is 17.8. The van der Waals surface area contributed by atoms with Crippen molar-refractivity contribution >= 4 is 46.4 Å². The van der Waals surface area contributed by atoms with Crippen LogP contribution in [0.4, 0.5) is 4.79 Å². The van der Waals surface area contributed by atoms with Gasteiger partial charge < -0.3 is 39.6 Å². The largest absolute Gasteiger partial charge is 0.491 e. The van der Waals surface area contributed by atoms with Crippen LogP contribution in [0.25, 0.3) is 10.9 Å². The summed E-state index contributed by atoms with van der Waals surface area (Å²) < 4.78 is 24.2. The molecule has 2 saturated heterocycles. The lowest BCUT2D eigenvalue weighted by molar-refractivity contribution is -0.145. The molecular formula is C43H54ClN5O9. The Morgan fingerprint density at radius 3 is 2.60 bits per heavy atom. The maximum atomic E-state index is 14.6. The van der Waals surface area contributed by atoms with E-state index in [1.165, 1.54) is 11.3 Å². The zero-order valence-corrected chi connectivity index (χ0v) is 33.6. The first kappa shape index (κ1) is 39.3. The molecule has 4 saturated carbocycles. The molecule has 15 heteroatoms. The Morgan fingerprint density at radius 2 is 1.83 bits per heavy atom. The van der Waals surface area contributed by atoms with E-state index < -0.39 is 47.6 Å². The van der Waals surface area contributed by atoms with E-state index in [2.05, 4.69) is 15.5 Å². The maximum Gasteiger partial charge on any atom is 0.408 e. The number of carbonyl (C=O) groups excluding carboxylic acids is 3. The fourth-order valence-corrected chi connectivity index (χ4v) is 9.81. The Morgan fingerprint density at radius 1 is 1.02 bits per heavy atom. The molecule has 58 heavy (non-hydrogen) atoms. The van der Waals surface area contributed by atoms with E-state index in [4.69, 9.17) is 35.5 Å². The third-order valence-electron chi connectivity index (χ3n) is 13.3. The summed E-state index contributed by atoms with van der Waals surface area (Å²) in [6, 6.07) is 3.68.